The highest BCUT2D eigenvalue weighted by atomic mass is 16.5. The molecule has 4 heterocycles. The number of hydrogen-bond acceptors (Lipinski definition) is 8. The van der Waals surface area contributed by atoms with Crippen LogP contribution in [0.5, 0.6) is 5.75 Å². The van der Waals surface area contributed by atoms with E-state index in [1.54, 1.807) is 0 Å². The first-order valence-electron chi connectivity index (χ1n) is 14.1. The molecule has 1 atom stereocenters. The maximum absolute atomic E-state index is 6.28. The Labute approximate surface area is 222 Å². The molecule has 8 heteroatoms. The van der Waals surface area contributed by atoms with Crippen LogP contribution in [0.25, 0.3) is 0 Å². The van der Waals surface area contributed by atoms with Crippen molar-refractivity contribution in [2.24, 2.45) is 0 Å². The molecule has 0 aliphatic carbocycles. The zero-order chi connectivity index (χ0) is 25.9. The van der Waals surface area contributed by atoms with Crippen LogP contribution < -0.4 is 24.8 Å². The van der Waals surface area contributed by atoms with Crippen LogP contribution in [0.3, 0.4) is 0 Å². The first-order chi connectivity index (χ1) is 18.0. The van der Waals surface area contributed by atoms with Crippen LogP contribution in [-0.2, 0) is 0 Å². The third-order valence-electron chi connectivity index (χ3n) is 7.97. The van der Waals surface area contributed by atoms with Crippen molar-refractivity contribution >= 4 is 28.8 Å². The molecular weight excluding hydrogens is 462 g/mol. The second-order valence-electron chi connectivity index (χ2n) is 10.7. The molecule has 5 rings (SSSR count). The Hall–Kier alpha value is -3.00. The third-order valence-corrected chi connectivity index (χ3v) is 7.97. The summed E-state index contributed by atoms with van der Waals surface area (Å²) in [6.07, 6.45) is 11.2. The Balaban J connectivity index is 1.36. The predicted molar refractivity (Wildman–Crippen MR) is 154 cm³/mol. The van der Waals surface area contributed by atoms with Crippen LogP contribution in [0.15, 0.2) is 36.7 Å². The van der Waals surface area contributed by atoms with Crippen molar-refractivity contribution in [2.75, 3.05) is 59.8 Å². The van der Waals surface area contributed by atoms with Gasteiger partial charge in [-0.1, -0.05) is 13.8 Å². The standard InChI is InChI=1S/C29H43N7O/c1-6-34(7-2)22-13-17-35(18-14-22)24-10-11-25(27(19-24)37-21(3)4)31-29-30-20-26-28(32-29)36-15-8-9-23(36)12-16-33(26)5/h10-12,16,19-23H,6-9,13-15,17-18H2,1-5H3,(H,30,31,32). The van der Waals surface area contributed by atoms with Crippen molar-refractivity contribution in [3.05, 3.63) is 36.7 Å². The zero-order valence-corrected chi connectivity index (χ0v) is 23.2. The number of hydrogen-bond donors (Lipinski definition) is 1. The molecule has 1 aromatic heterocycles. The Morgan fingerprint density at radius 1 is 1.11 bits per heavy atom. The van der Waals surface area contributed by atoms with Crippen molar-refractivity contribution in [1.29, 1.82) is 0 Å². The maximum atomic E-state index is 6.28. The Kier molecular flexibility index (Phi) is 7.74. The highest BCUT2D eigenvalue weighted by Crippen LogP contribution is 2.38. The summed E-state index contributed by atoms with van der Waals surface area (Å²) in [5.41, 5.74) is 3.15. The van der Waals surface area contributed by atoms with Gasteiger partial charge in [-0.25, -0.2) is 4.98 Å². The van der Waals surface area contributed by atoms with E-state index in [9.17, 15) is 0 Å². The van der Waals surface area contributed by atoms with Crippen molar-refractivity contribution in [3.63, 3.8) is 0 Å². The molecule has 2 aromatic rings. The van der Waals surface area contributed by atoms with Crippen molar-refractivity contribution in [1.82, 2.24) is 14.9 Å². The number of piperidine rings is 1. The monoisotopic (exact) mass is 505 g/mol. The number of rotatable bonds is 8. The molecule has 0 saturated carbocycles. The highest BCUT2D eigenvalue weighted by molar-refractivity contribution is 5.73. The molecule has 0 amide bonds. The van der Waals surface area contributed by atoms with Gasteiger partial charge in [0.1, 0.15) is 11.4 Å². The Morgan fingerprint density at radius 2 is 1.89 bits per heavy atom. The van der Waals surface area contributed by atoms with Crippen LogP contribution in [-0.4, -0.2) is 72.8 Å². The molecule has 1 unspecified atom stereocenters. The minimum atomic E-state index is 0.0715. The highest BCUT2D eigenvalue weighted by Gasteiger charge is 2.29. The molecule has 1 aromatic carbocycles. The largest absolute Gasteiger partial charge is 0.489 e. The van der Waals surface area contributed by atoms with E-state index in [1.165, 1.54) is 24.9 Å². The Morgan fingerprint density at radius 3 is 2.62 bits per heavy atom. The third kappa shape index (κ3) is 5.49. The van der Waals surface area contributed by atoms with Gasteiger partial charge in [0.05, 0.1) is 24.0 Å². The number of ether oxygens (including phenoxy) is 1. The average molecular weight is 506 g/mol. The lowest BCUT2D eigenvalue weighted by Crippen LogP contribution is -2.44. The second-order valence-corrected chi connectivity index (χ2v) is 10.7. The number of anilines is 5. The summed E-state index contributed by atoms with van der Waals surface area (Å²) >= 11 is 0. The van der Waals surface area contributed by atoms with E-state index in [0.717, 1.165) is 62.1 Å². The summed E-state index contributed by atoms with van der Waals surface area (Å²) < 4.78 is 6.28. The first-order valence-corrected chi connectivity index (χ1v) is 14.1. The molecule has 8 nitrogen and oxygen atoms in total. The van der Waals surface area contributed by atoms with Gasteiger partial charge >= 0.3 is 0 Å². The SMILES string of the molecule is CCN(CC)C1CCN(c2ccc(Nc3ncc4c(n3)N3CCCC3C=CN4C)c(OC(C)C)c2)CC1. The molecular formula is C29H43N7O. The zero-order valence-electron chi connectivity index (χ0n) is 23.2. The molecule has 0 bridgehead atoms. The van der Waals surface area contributed by atoms with E-state index in [2.05, 4.69) is 95.1 Å². The van der Waals surface area contributed by atoms with Crippen LogP contribution in [0.4, 0.5) is 28.8 Å². The number of benzene rings is 1. The van der Waals surface area contributed by atoms with E-state index in [-0.39, 0.29) is 6.10 Å². The number of nitrogens with zero attached hydrogens (tertiary/aromatic N) is 6. The van der Waals surface area contributed by atoms with Crippen molar-refractivity contribution in [2.45, 2.75) is 71.6 Å². The van der Waals surface area contributed by atoms with Gasteiger partial charge in [-0.3, -0.25) is 0 Å². The van der Waals surface area contributed by atoms with Gasteiger partial charge in [-0.2, -0.15) is 4.98 Å². The normalized spacial score (nSPS) is 19.9. The lowest BCUT2D eigenvalue weighted by atomic mass is 10.0. The first kappa shape index (κ1) is 25.6. The van der Waals surface area contributed by atoms with Gasteiger partial charge in [0, 0.05) is 50.7 Å². The molecule has 0 radical (unpaired) electrons. The number of fused-ring (bicyclic) bond motifs is 3. The molecule has 1 N–H and O–H groups in total. The average Bonchev–Trinajstić information content (AvgIpc) is 3.33. The fraction of sp³-hybridized carbons (Fsp3) is 0.586. The van der Waals surface area contributed by atoms with E-state index in [4.69, 9.17) is 9.72 Å². The van der Waals surface area contributed by atoms with E-state index >= 15 is 0 Å². The van der Waals surface area contributed by atoms with E-state index < -0.39 is 0 Å². The van der Waals surface area contributed by atoms with Crippen LogP contribution in [0, 0.1) is 0 Å². The Bertz CT molecular complexity index is 1090. The predicted octanol–water partition coefficient (Wildman–Crippen LogP) is 5.25. The maximum Gasteiger partial charge on any atom is 0.229 e. The second kappa shape index (κ2) is 11.2. The van der Waals surface area contributed by atoms with Gasteiger partial charge in [0.2, 0.25) is 5.95 Å². The quantitative estimate of drug-likeness (QED) is 0.522. The lowest BCUT2D eigenvalue weighted by Gasteiger charge is -2.39. The molecule has 0 spiro atoms. The molecule has 3 aliphatic rings. The topological polar surface area (TPSA) is 60.0 Å². The molecule has 2 saturated heterocycles. The summed E-state index contributed by atoms with van der Waals surface area (Å²) in [5.74, 6) is 2.43. The summed E-state index contributed by atoms with van der Waals surface area (Å²) in [5, 5.41) is 3.47. The van der Waals surface area contributed by atoms with Crippen molar-refractivity contribution < 1.29 is 4.74 Å². The molecule has 3 aliphatic heterocycles. The summed E-state index contributed by atoms with van der Waals surface area (Å²) in [6, 6.07) is 7.58. The molecule has 200 valence electrons. The molecule has 2 fully saturated rings. The minimum absolute atomic E-state index is 0.0715. The fourth-order valence-electron chi connectivity index (χ4n) is 5.96. The van der Waals surface area contributed by atoms with Gasteiger partial charge < -0.3 is 29.7 Å². The number of aromatic nitrogens is 2. The van der Waals surface area contributed by atoms with E-state index in [1.807, 2.05) is 6.20 Å². The van der Waals surface area contributed by atoms with Crippen LogP contribution in [0.2, 0.25) is 0 Å². The molecule has 37 heavy (non-hydrogen) atoms. The van der Waals surface area contributed by atoms with Gasteiger partial charge in [0.25, 0.3) is 0 Å². The van der Waals surface area contributed by atoms with Gasteiger partial charge in [-0.05, 0) is 70.8 Å². The summed E-state index contributed by atoms with van der Waals surface area (Å²) in [7, 11) is 2.06. The van der Waals surface area contributed by atoms with E-state index in [0.29, 0.717) is 18.0 Å². The van der Waals surface area contributed by atoms with Crippen molar-refractivity contribution in [3.8, 4) is 5.75 Å². The summed E-state index contributed by atoms with van der Waals surface area (Å²) in [4.78, 5) is 19.3. The fourth-order valence-corrected chi connectivity index (χ4v) is 5.96. The lowest BCUT2D eigenvalue weighted by molar-refractivity contribution is 0.186. The van der Waals surface area contributed by atoms with Crippen LogP contribution in [0.1, 0.15) is 53.4 Å². The smallest absolute Gasteiger partial charge is 0.229 e. The van der Waals surface area contributed by atoms with Gasteiger partial charge in [0.15, 0.2) is 5.82 Å². The number of nitrogens with one attached hydrogen (secondary N) is 1. The van der Waals surface area contributed by atoms with Crippen LogP contribution >= 0.6 is 0 Å². The van der Waals surface area contributed by atoms with Gasteiger partial charge in [-0.15, -0.1) is 0 Å². The minimum Gasteiger partial charge on any atom is -0.489 e. The summed E-state index contributed by atoms with van der Waals surface area (Å²) in [6.45, 7) is 14.1.